The molecule has 0 rings (SSSR count). The van der Waals surface area contributed by atoms with Crippen LogP contribution in [-0.4, -0.2) is 17.3 Å². The van der Waals surface area contributed by atoms with E-state index in [1.807, 2.05) is 19.9 Å². The first-order valence-electron chi connectivity index (χ1n) is 6.79. The van der Waals surface area contributed by atoms with Crippen LogP contribution >= 0.6 is 0 Å². The zero-order valence-corrected chi connectivity index (χ0v) is 13.6. The van der Waals surface area contributed by atoms with Gasteiger partial charge in [-0.1, -0.05) is 25.8 Å². The molecule has 0 N–H and O–H groups in total. The van der Waals surface area contributed by atoms with Gasteiger partial charge in [-0.2, -0.15) is 0 Å². The van der Waals surface area contributed by atoms with Gasteiger partial charge >= 0.3 is 0 Å². The number of ketones is 3. The lowest BCUT2D eigenvalue weighted by atomic mass is 10.2. The molecule has 0 aliphatic heterocycles. The maximum absolute atomic E-state index is 10.3. The highest BCUT2D eigenvalue weighted by atomic mass is 16.1. The van der Waals surface area contributed by atoms with Crippen LogP contribution in [0.1, 0.15) is 74.1 Å². The summed E-state index contributed by atoms with van der Waals surface area (Å²) in [5, 5.41) is 0. The van der Waals surface area contributed by atoms with Crippen molar-refractivity contribution in [2.75, 3.05) is 0 Å². The first-order chi connectivity index (χ1) is 8.68. The summed E-state index contributed by atoms with van der Waals surface area (Å²) in [5.74, 6) is 0.640. The highest BCUT2D eigenvalue weighted by molar-refractivity contribution is 5.92. The van der Waals surface area contributed by atoms with Crippen molar-refractivity contribution < 1.29 is 14.4 Å². The SMILES string of the molecule is C/C=C(/C)C(C)=O.CC(C)=O.CCCCCC(C)=O. The first kappa shape index (κ1) is 22.9. The Bertz CT molecular complexity index is 284. The second kappa shape index (κ2) is 16.8. The third-order valence-electron chi connectivity index (χ3n) is 2.12. The fraction of sp³-hybridized carbons (Fsp3) is 0.688. The first-order valence-corrected chi connectivity index (χ1v) is 6.79. The van der Waals surface area contributed by atoms with Crippen LogP contribution in [0.3, 0.4) is 0 Å². The van der Waals surface area contributed by atoms with Crippen LogP contribution in [-0.2, 0) is 14.4 Å². The molecule has 0 aromatic heterocycles. The van der Waals surface area contributed by atoms with Gasteiger partial charge in [-0.05, 0) is 53.5 Å². The molecule has 19 heavy (non-hydrogen) atoms. The largest absolute Gasteiger partial charge is 0.300 e. The Morgan fingerprint density at radius 3 is 1.47 bits per heavy atom. The number of hydrogen-bond acceptors (Lipinski definition) is 3. The van der Waals surface area contributed by atoms with Crippen LogP contribution in [0.5, 0.6) is 0 Å². The number of carbonyl (C=O) groups excluding carboxylic acids is 3. The van der Waals surface area contributed by atoms with Crippen LogP contribution in [0.15, 0.2) is 11.6 Å². The highest BCUT2D eigenvalue weighted by Gasteiger charge is 1.90. The van der Waals surface area contributed by atoms with Crippen molar-refractivity contribution in [3.8, 4) is 0 Å². The summed E-state index contributed by atoms with van der Waals surface area (Å²) in [6, 6.07) is 0. The van der Waals surface area contributed by atoms with Crippen molar-refractivity contribution in [3.05, 3.63) is 11.6 Å². The number of rotatable bonds is 5. The van der Waals surface area contributed by atoms with E-state index in [4.69, 9.17) is 0 Å². The van der Waals surface area contributed by atoms with Gasteiger partial charge in [0.15, 0.2) is 5.78 Å². The smallest absolute Gasteiger partial charge is 0.155 e. The van der Waals surface area contributed by atoms with Crippen LogP contribution in [0, 0.1) is 0 Å². The Hall–Kier alpha value is -1.25. The maximum Gasteiger partial charge on any atom is 0.155 e. The van der Waals surface area contributed by atoms with Crippen LogP contribution < -0.4 is 0 Å². The summed E-state index contributed by atoms with van der Waals surface area (Å²) in [4.78, 5) is 30.1. The lowest BCUT2D eigenvalue weighted by Crippen LogP contribution is -1.88. The van der Waals surface area contributed by atoms with E-state index in [1.165, 1.54) is 26.7 Å². The Morgan fingerprint density at radius 2 is 1.32 bits per heavy atom. The van der Waals surface area contributed by atoms with Gasteiger partial charge in [-0.15, -0.1) is 0 Å². The number of allylic oxidation sites excluding steroid dienone is 2. The number of hydrogen-bond donors (Lipinski definition) is 0. The fourth-order valence-corrected chi connectivity index (χ4v) is 0.827. The van der Waals surface area contributed by atoms with E-state index in [9.17, 15) is 14.4 Å². The standard InChI is InChI=1S/C7H14O.C6H10O.C3H6O/c1-3-4-5-6-7(2)8;1-4-5(2)6(3)7;1-3(2)4/h3-6H2,1-2H3;4H,1-3H3;1-2H3/b;5-4-;. The third-order valence-corrected chi connectivity index (χ3v) is 2.12. The molecule has 0 aliphatic carbocycles. The van der Waals surface area contributed by atoms with Crippen LogP contribution in [0.4, 0.5) is 0 Å². The summed E-state index contributed by atoms with van der Waals surface area (Å²) in [7, 11) is 0. The maximum atomic E-state index is 10.3. The zero-order chi connectivity index (χ0) is 15.8. The van der Waals surface area contributed by atoms with Gasteiger partial charge in [0.25, 0.3) is 0 Å². The van der Waals surface area contributed by atoms with E-state index >= 15 is 0 Å². The molecule has 0 aliphatic rings. The molecule has 0 saturated carbocycles. The molecule has 0 bridgehead atoms. The molecule has 0 unspecified atom stereocenters. The molecular weight excluding hydrogens is 240 g/mol. The van der Waals surface area contributed by atoms with E-state index in [-0.39, 0.29) is 11.6 Å². The Balaban J connectivity index is -0.000000214. The summed E-state index contributed by atoms with van der Waals surface area (Å²) in [6.07, 6.45) is 6.05. The van der Waals surface area contributed by atoms with Gasteiger partial charge in [0.05, 0.1) is 0 Å². The van der Waals surface area contributed by atoms with Crippen molar-refractivity contribution in [2.45, 2.75) is 74.1 Å². The normalized spacial score (nSPS) is 9.53. The highest BCUT2D eigenvalue weighted by Crippen LogP contribution is 1.98. The van der Waals surface area contributed by atoms with Gasteiger partial charge < -0.3 is 9.59 Å². The fourth-order valence-electron chi connectivity index (χ4n) is 0.827. The number of Topliss-reactive ketones (excluding diaryl/α,β-unsaturated/α-hetero) is 3. The minimum atomic E-state index is 0.155. The molecule has 112 valence electrons. The molecule has 0 heterocycles. The molecule has 3 nitrogen and oxygen atoms in total. The van der Waals surface area contributed by atoms with Crippen molar-refractivity contribution in [3.63, 3.8) is 0 Å². The molecule has 0 amide bonds. The molecule has 0 fully saturated rings. The molecule has 3 heteroatoms. The van der Waals surface area contributed by atoms with Gasteiger partial charge in [0, 0.05) is 6.42 Å². The lowest BCUT2D eigenvalue weighted by Gasteiger charge is -1.90. The van der Waals surface area contributed by atoms with Crippen molar-refractivity contribution in [1.82, 2.24) is 0 Å². The Labute approximate surface area is 118 Å². The molecular formula is C16H30O3. The second-order valence-electron chi connectivity index (χ2n) is 4.60. The van der Waals surface area contributed by atoms with Crippen molar-refractivity contribution in [1.29, 1.82) is 0 Å². The second-order valence-corrected chi connectivity index (χ2v) is 4.60. The Kier molecular flexibility index (Phi) is 20.2. The van der Waals surface area contributed by atoms with E-state index in [0.717, 1.165) is 18.4 Å². The molecule has 0 aromatic rings. The topological polar surface area (TPSA) is 51.2 Å². The van der Waals surface area contributed by atoms with Gasteiger partial charge in [0.1, 0.15) is 11.6 Å². The zero-order valence-electron chi connectivity index (χ0n) is 13.6. The van der Waals surface area contributed by atoms with Gasteiger partial charge in [0.2, 0.25) is 0 Å². The average molecular weight is 270 g/mol. The van der Waals surface area contributed by atoms with Crippen LogP contribution in [0.25, 0.3) is 0 Å². The van der Waals surface area contributed by atoms with E-state index in [2.05, 4.69) is 6.92 Å². The molecule has 0 spiro atoms. The Morgan fingerprint density at radius 1 is 0.895 bits per heavy atom. The summed E-state index contributed by atoms with van der Waals surface area (Å²) < 4.78 is 0. The lowest BCUT2D eigenvalue weighted by molar-refractivity contribution is -0.117. The summed E-state index contributed by atoms with van der Waals surface area (Å²) in [6.45, 7) is 12.1. The third kappa shape index (κ3) is 38.3. The van der Waals surface area contributed by atoms with Gasteiger partial charge in [-0.25, -0.2) is 0 Å². The minimum Gasteiger partial charge on any atom is -0.300 e. The monoisotopic (exact) mass is 270 g/mol. The van der Waals surface area contributed by atoms with Crippen molar-refractivity contribution >= 4 is 17.3 Å². The minimum absolute atomic E-state index is 0.155. The number of unbranched alkanes of at least 4 members (excludes halogenated alkanes) is 2. The average Bonchev–Trinajstić information content (AvgIpc) is 2.28. The van der Waals surface area contributed by atoms with E-state index in [1.54, 1.807) is 13.8 Å². The molecule has 0 aromatic carbocycles. The predicted octanol–water partition coefficient (Wildman–Crippen LogP) is 4.29. The molecule has 0 atom stereocenters. The van der Waals surface area contributed by atoms with Crippen LogP contribution in [0.2, 0.25) is 0 Å². The van der Waals surface area contributed by atoms with E-state index in [0.29, 0.717) is 5.78 Å². The van der Waals surface area contributed by atoms with Gasteiger partial charge in [-0.3, -0.25) is 4.79 Å². The number of carbonyl (C=O) groups is 3. The molecule has 0 radical (unpaired) electrons. The molecule has 0 saturated heterocycles. The quantitative estimate of drug-likeness (QED) is 0.553. The summed E-state index contributed by atoms with van der Waals surface area (Å²) in [5.41, 5.74) is 0.833. The van der Waals surface area contributed by atoms with Crippen molar-refractivity contribution in [2.24, 2.45) is 0 Å². The van der Waals surface area contributed by atoms with E-state index < -0.39 is 0 Å². The predicted molar refractivity (Wildman–Crippen MR) is 81.3 cm³/mol. The summed E-state index contributed by atoms with van der Waals surface area (Å²) >= 11 is 0.